The molecular weight excluding hydrogens is 510 g/mol. The molecule has 6 nitrogen and oxygen atoms in total. The zero-order valence-corrected chi connectivity index (χ0v) is 20.1. The second kappa shape index (κ2) is 10.9. The maximum absolute atomic E-state index is 12.5. The molecule has 35 heavy (non-hydrogen) atoms. The normalized spacial score (nSPS) is 11.5. The average molecular weight is 532 g/mol. The number of phenols is 1. The number of rotatable bonds is 8. The first-order chi connectivity index (χ1) is 16.9. The van der Waals surface area contributed by atoms with Gasteiger partial charge in [-0.25, -0.2) is 4.79 Å². The third-order valence-electron chi connectivity index (χ3n) is 5.37. The first kappa shape index (κ1) is 24.0. The number of carboxylic acid groups (broad SMARTS) is 1. The number of hydrogen-bond donors (Lipinski definition) is 3. The summed E-state index contributed by atoms with van der Waals surface area (Å²) in [6, 6.07) is 28.0. The minimum Gasteiger partial charge on any atom is -0.507 e. The minimum absolute atomic E-state index is 0.000615. The van der Waals surface area contributed by atoms with Gasteiger partial charge in [0.25, 0.3) is 5.91 Å². The Hall–Kier alpha value is -4.10. The van der Waals surface area contributed by atoms with E-state index < -0.39 is 17.9 Å². The number of carbonyl (C=O) groups is 2. The van der Waals surface area contributed by atoms with Crippen LogP contribution >= 0.6 is 15.9 Å². The molecule has 0 fully saturated rings. The Labute approximate surface area is 211 Å². The molecule has 4 aromatic rings. The molecular formula is C28H22BrNO5. The molecule has 4 aromatic carbocycles. The lowest BCUT2D eigenvalue weighted by atomic mass is 10.0. The summed E-state index contributed by atoms with van der Waals surface area (Å²) in [4.78, 5) is 24.3. The highest BCUT2D eigenvalue weighted by atomic mass is 79.9. The monoisotopic (exact) mass is 531 g/mol. The largest absolute Gasteiger partial charge is 0.507 e. The van der Waals surface area contributed by atoms with Crippen molar-refractivity contribution >= 4 is 27.8 Å². The van der Waals surface area contributed by atoms with Crippen LogP contribution in [0.3, 0.4) is 0 Å². The van der Waals surface area contributed by atoms with Crippen LogP contribution in [0.5, 0.6) is 17.2 Å². The lowest BCUT2D eigenvalue weighted by molar-refractivity contribution is -0.139. The number of aromatic hydroxyl groups is 1. The van der Waals surface area contributed by atoms with Gasteiger partial charge in [-0.05, 0) is 59.2 Å². The number of carbonyl (C=O) groups excluding carboxylic acids is 1. The molecule has 4 rings (SSSR count). The summed E-state index contributed by atoms with van der Waals surface area (Å²) in [6.45, 7) is 0. The van der Waals surface area contributed by atoms with Crippen LogP contribution in [0.2, 0.25) is 0 Å². The summed E-state index contributed by atoms with van der Waals surface area (Å²) in [5.74, 6) is -0.552. The third kappa shape index (κ3) is 6.28. The molecule has 0 heterocycles. The van der Waals surface area contributed by atoms with Crippen LogP contribution in [0, 0.1) is 0 Å². The van der Waals surface area contributed by atoms with E-state index in [2.05, 4.69) is 21.2 Å². The highest BCUT2D eigenvalue weighted by Crippen LogP contribution is 2.26. The van der Waals surface area contributed by atoms with E-state index in [1.807, 2.05) is 78.9 Å². The summed E-state index contributed by atoms with van der Waals surface area (Å²) in [6.07, 6.45) is 0.0972. The van der Waals surface area contributed by atoms with Crippen molar-refractivity contribution in [2.75, 3.05) is 0 Å². The molecule has 0 aliphatic rings. The lowest BCUT2D eigenvalue weighted by Crippen LogP contribution is -2.42. The first-order valence-electron chi connectivity index (χ1n) is 10.8. The van der Waals surface area contributed by atoms with E-state index in [9.17, 15) is 19.8 Å². The molecule has 0 aromatic heterocycles. The predicted molar refractivity (Wildman–Crippen MR) is 137 cm³/mol. The number of aliphatic carboxylic acids is 1. The van der Waals surface area contributed by atoms with Crippen LogP contribution in [-0.2, 0) is 11.2 Å². The van der Waals surface area contributed by atoms with E-state index in [1.54, 1.807) is 6.07 Å². The van der Waals surface area contributed by atoms with Crippen molar-refractivity contribution in [3.05, 3.63) is 113 Å². The van der Waals surface area contributed by atoms with E-state index >= 15 is 0 Å². The molecule has 0 aliphatic carbocycles. The van der Waals surface area contributed by atoms with Crippen LogP contribution in [0.1, 0.15) is 15.9 Å². The summed E-state index contributed by atoms with van der Waals surface area (Å²) in [5.41, 5.74) is 2.71. The molecule has 1 unspecified atom stereocenters. The van der Waals surface area contributed by atoms with Crippen molar-refractivity contribution in [2.24, 2.45) is 0 Å². The number of para-hydroxylation sites is 1. The molecule has 0 saturated carbocycles. The van der Waals surface area contributed by atoms with Gasteiger partial charge in [-0.15, -0.1) is 0 Å². The van der Waals surface area contributed by atoms with Gasteiger partial charge in [-0.1, -0.05) is 70.5 Å². The number of carboxylic acids is 1. The number of halogens is 1. The van der Waals surface area contributed by atoms with E-state index in [0.717, 1.165) is 28.2 Å². The molecule has 176 valence electrons. The van der Waals surface area contributed by atoms with Crippen molar-refractivity contribution in [1.29, 1.82) is 0 Å². The first-order valence-corrected chi connectivity index (χ1v) is 11.6. The zero-order valence-electron chi connectivity index (χ0n) is 18.5. The van der Waals surface area contributed by atoms with Gasteiger partial charge >= 0.3 is 5.97 Å². The van der Waals surface area contributed by atoms with Crippen LogP contribution in [-0.4, -0.2) is 28.1 Å². The smallest absolute Gasteiger partial charge is 0.326 e. The van der Waals surface area contributed by atoms with E-state index in [-0.39, 0.29) is 17.7 Å². The number of ether oxygens (including phenoxy) is 1. The number of benzene rings is 4. The number of phenolic OH excluding ortho intramolecular Hbond substituents is 1. The Morgan fingerprint density at radius 2 is 1.43 bits per heavy atom. The molecule has 1 amide bonds. The van der Waals surface area contributed by atoms with Crippen LogP contribution in [0.15, 0.2) is 102 Å². The molecule has 1 atom stereocenters. The predicted octanol–water partition coefficient (Wildman–Crippen LogP) is 6.04. The van der Waals surface area contributed by atoms with Crippen LogP contribution < -0.4 is 10.1 Å². The quantitative estimate of drug-likeness (QED) is 0.257. The Bertz CT molecular complexity index is 1320. The van der Waals surface area contributed by atoms with Gasteiger partial charge < -0.3 is 20.3 Å². The van der Waals surface area contributed by atoms with Gasteiger partial charge in [0.15, 0.2) is 0 Å². The molecule has 0 radical (unpaired) electrons. The van der Waals surface area contributed by atoms with Gasteiger partial charge in [-0.3, -0.25) is 4.79 Å². The highest BCUT2D eigenvalue weighted by Gasteiger charge is 2.23. The topological polar surface area (TPSA) is 95.9 Å². The van der Waals surface area contributed by atoms with Crippen molar-refractivity contribution < 1.29 is 24.5 Å². The lowest BCUT2D eigenvalue weighted by Gasteiger charge is -2.16. The van der Waals surface area contributed by atoms with Crippen molar-refractivity contribution in [3.8, 4) is 28.4 Å². The third-order valence-corrected chi connectivity index (χ3v) is 5.86. The van der Waals surface area contributed by atoms with Crippen LogP contribution in [0.4, 0.5) is 0 Å². The summed E-state index contributed by atoms with van der Waals surface area (Å²) < 4.78 is 6.42. The zero-order chi connectivity index (χ0) is 24.8. The van der Waals surface area contributed by atoms with E-state index in [1.165, 1.54) is 12.1 Å². The molecule has 7 heteroatoms. The number of amides is 1. The minimum atomic E-state index is -1.16. The van der Waals surface area contributed by atoms with Gasteiger partial charge in [0, 0.05) is 10.9 Å². The van der Waals surface area contributed by atoms with Crippen molar-refractivity contribution in [1.82, 2.24) is 5.32 Å². The van der Waals surface area contributed by atoms with Gasteiger partial charge in [0.2, 0.25) is 0 Å². The SMILES string of the molecule is O=C(NC(Cc1ccc(-c2ccc(Oc3ccccc3)cc2)cc1)C(=O)O)c1cc(Br)ccc1O. The van der Waals surface area contributed by atoms with Crippen molar-refractivity contribution in [2.45, 2.75) is 12.5 Å². The Morgan fingerprint density at radius 3 is 2.06 bits per heavy atom. The number of hydrogen-bond acceptors (Lipinski definition) is 4. The maximum Gasteiger partial charge on any atom is 0.326 e. The average Bonchev–Trinajstić information content (AvgIpc) is 2.86. The fourth-order valence-electron chi connectivity index (χ4n) is 3.54. The van der Waals surface area contributed by atoms with Gasteiger partial charge in [0.1, 0.15) is 23.3 Å². The Balaban J connectivity index is 1.42. The standard InChI is InChI=1S/C28H22BrNO5/c29-21-12-15-26(31)24(17-21)27(32)30-25(28(33)34)16-18-6-8-19(9-7-18)20-10-13-23(14-11-20)35-22-4-2-1-3-5-22/h1-15,17,25,31H,16H2,(H,30,32)(H,33,34). The molecule has 0 aliphatic heterocycles. The fraction of sp³-hybridized carbons (Fsp3) is 0.0714. The molecule has 3 N–H and O–H groups in total. The fourth-order valence-corrected chi connectivity index (χ4v) is 3.90. The second-order valence-corrected chi connectivity index (χ2v) is 8.78. The summed E-state index contributed by atoms with van der Waals surface area (Å²) in [7, 11) is 0. The summed E-state index contributed by atoms with van der Waals surface area (Å²) >= 11 is 3.24. The van der Waals surface area contributed by atoms with Gasteiger partial charge in [-0.2, -0.15) is 0 Å². The van der Waals surface area contributed by atoms with Gasteiger partial charge in [0.05, 0.1) is 5.56 Å². The van der Waals surface area contributed by atoms with Crippen LogP contribution in [0.25, 0.3) is 11.1 Å². The second-order valence-electron chi connectivity index (χ2n) is 7.87. The highest BCUT2D eigenvalue weighted by molar-refractivity contribution is 9.10. The van der Waals surface area contributed by atoms with Crippen molar-refractivity contribution in [3.63, 3.8) is 0 Å². The van der Waals surface area contributed by atoms with E-state index in [4.69, 9.17) is 4.74 Å². The molecule has 0 saturated heterocycles. The molecule has 0 spiro atoms. The number of nitrogens with one attached hydrogen (secondary N) is 1. The Kier molecular flexibility index (Phi) is 7.48. The molecule has 0 bridgehead atoms. The maximum atomic E-state index is 12.5. The summed E-state index contributed by atoms with van der Waals surface area (Å²) in [5, 5.41) is 22.0. The van der Waals surface area contributed by atoms with E-state index in [0.29, 0.717) is 4.47 Å². The Morgan fingerprint density at radius 1 is 0.829 bits per heavy atom.